The molecule has 2 aliphatic heterocycles. The van der Waals surface area contributed by atoms with Gasteiger partial charge in [0.2, 0.25) is 17.7 Å². The number of fused-ring (bicyclic) bond motifs is 1. The van der Waals surface area contributed by atoms with E-state index in [-0.39, 0.29) is 43.1 Å². The number of anilines is 1. The second-order valence-electron chi connectivity index (χ2n) is 5.52. The molecule has 4 amide bonds. The molecule has 1 aromatic carbocycles. The van der Waals surface area contributed by atoms with E-state index >= 15 is 0 Å². The Labute approximate surface area is 144 Å². The van der Waals surface area contributed by atoms with Crippen molar-refractivity contribution in [2.24, 2.45) is 5.73 Å². The number of carbonyl (C=O) groups excluding carboxylic acids is 4. The van der Waals surface area contributed by atoms with E-state index in [9.17, 15) is 19.2 Å². The van der Waals surface area contributed by atoms with Gasteiger partial charge in [0.25, 0.3) is 5.91 Å². The molecular weight excluding hydrogens is 336 g/mol. The molecule has 0 saturated carbocycles. The van der Waals surface area contributed by atoms with Gasteiger partial charge in [0.05, 0.1) is 6.54 Å². The van der Waals surface area contributed by atoms with E-state index in [0.29, 0.717) is 24.2 Å². The van der Waals surface area contributed by atoms with Crippen LogP contribution in [0.3, 0.4) is 0 Å². The first-order valence-corrected chi connectivity index (χ1v) is 7.27. The fourth-order valence-corrected chi connectivity index (χ4v) is 2.84. The van der Waals surface area contributed by atoms with E-state index in [2.05, 4.69) is 10.6 Å². The third-order valence-corrected chi connectivity index (χ3v) is 4.00. The van der Waals surface area contributed by atoms with Gasteiger partial charge < -0.3 is 16.0 Å². The van der Waals surface area contributed by atoms with Crippen molar-refractivity contribution in [3.63, 3.8) is 0 Å². The number of benzene rings is 1. The molecule has 2 aliphatic rings. The number of hydrogen-bond donors (Lipinski definition) is 3. The van der Waals surface area contributed by atoms with Gasteiger partial charge in [-0.1, -0.05) is 6.07 Å². The molecular formula is C15H17ClN4O4. The van der Waals surface area contributed by atoms with Gasteiger partial charge in [-0.25, -0.2) is 0 Å². The molecule has 1 unspecified atom stereocenters. The van der Waals surface area contributed by atoms with E-state index in [4.69, 9.17) is 5.73 Å². The van der Waals surface area contributed by atoms with Gasteiger partial charge in [-0.05, 0) is 24.1 Å². The van der Waals surface area contributed by atoms with Crippen molar-refractivity contribution in [1.29, 1.82) is 0 Å². The van der Waals surface area contributed by atoms with Crippen LogP contribution in [0, 0.1) is 0 Å². The lowest BCUT2D eigenvalue weighted by Crippen LogP contribution is -2.52. The largest absolute Gasteiger partial charge is 0.325 e. The summed E-state index contributed by atoms with van der Waals surface area (Å²) < 4.78 is 0. The summed E-state index contributed by atoms with van der Waals surface area (Å²) in [6.45, 7) is 0.166. The SMILES string of the molecule is Cl.NCC(=O)Nc1ccc2c(c1)C(=O)N(C1CCC(=O)NC1=O)C2. The molecule has 8 nitrogen and oxygen atoms in total. The third kappa shape index (κ3) is 3.24. The lowest BCUT2D eigenvalue weighted by molar-refractivity contribution is -0.137. The van der Waals surface area contributed by atoms with Crippen LogP contribution >= 0.6 is 12.4 Å². The van der Waals surface area contributed by atoms with Gasteiger partial charge >= 0.3 is 0 Å². The minimum atomic E-state index is -0.644. The molecule has 1 saturated heterocycles. The number of hydrogen-bond acceptors (Lipinski definition) is 5. The summed E-state index contributed by atoms with van der Waals surface area (Å²) in [5.74, 6) is -1.39. The number of nitrogens with zero attached hydrogens (tertiary/aromatic N) is 1. The van der Waals surface area contributed by atoms with Gasteiger partial charge in [-0.2, -0.15) is 0 Å². The lowest BCUT2D eigenvalue weighted by Gasteiger charge is -2.29. The summed E-state index contributed by atoms with van der Waals surface area (Å²) in [6, 6.07) is 4.37. The zero-order valence-electron chi connectivity index (χ0n) is 12.7. The summed E-state index contributed by atoms with van der Waals surface area (Å²) >= 11 is 0. The van der Waals surface area contributed by atoms with Crippen LogP contribution < -0.4 is 16.4 Å². The van der Waals surface area contributed by atoms with Crippen molar-refractivity contribution < 1.29 is 19.2 Å². The molecule has 0 aliphatic carbocycles. The highest BCUT2D eigenvalue weighted by Gasteiger charge is 2.39. The topological polar surface area (TPSA) is 122 Å². The number of rotatable bonds is 3. The van der Waals surface area contributed by atoms with Crippen LogP contribution in [0.4, 0.5) is 5.69 Å². The Balaban J connectivity index is 0.00000208. The van der Waals surface area contributed by atoms with Crippen LogP contribution in [0.2, 0.25) is 0 Å². The minimum absolute atomic E-state index is 0. The molecule has 24 heavy (non-hydrogen) atoms. The summed E-state index contributed by atoms with van der Waals surface area (Å²) in [5, 5.41) is 4.85. The third-order valence-electron chi connectivity index (χ3n) is 4.00. The van der Waals surface area contributed by atoms with Crippen LogP contribution in [0.5, 0.6) is 0 Å². The van der Waals surface area contributed by atoms with Crippen molar-refractivity contribution >= 4 is 41.7 Å². The second-order valence-corrected chi connectivity index (χ2v) is 5.52. The molecule has 0 aromatic heterocycles. The molecule has 0 bridgehead atoms. The molecule has 9 heteroatoms. The van der Waals surface area contributed by atoms with E-state index in [1.807, 2.05) is 0 Å². The number of nitrogens with two attached hydrogens (primary N) is 1. The fraction of sp³-hybridized carbons (Fsp3) is 0.333. The number of halogens is 1. The lowest BCUT2D eigenvalue weighted by atomic mass is 10.0. The molecule has 1 atom stereocenters. The van der Waals surface area contributed by atoms with Crippen LogP contribution in [0.1, 0.15) is 28.8 Å². The van der Waals surface area contributed by atoms with Crippen LogP contribution in [-0.2, 0) is 20.9 Å². The van der Waals surface area contributed by atoms with E-state index in [1.54, 1.807) is 18.2 Å². The maximum Gasteiger partial charge on any atom is 0.255 e. The molecule has 2 heterocycles. The predicted molar refractivity (Wildman–Crippen MR) is 87.4 cm³/mol. The van der Waals surface area contributed by atoms with Crippen LogP contribution in [-0.4, -0.2) is 41.1 Å². The van der Waals surface area contributed by atoms with Crippen LogP contribution in [0.15, 0.2) is 18.2 Å². The number of imide groups is 1. The Kier molecular flexibility index (Phi) is 5.20. The maximum atomic E-state index is 12.6. The molecule has 128 valence electrons. The fourth-order valence-electron chi connectivity index (χ4n) is 2.84. The summed E-state index contributed by atoms with van der Waals surface area (Å²) in [7, 11) is 0. The second kappa shape index (κ2) is 6.98. The van der Waals surface area contributed by atoms with Crippen molar-refractivity contribution in [3.8, 4) is 0 Å². The van der Waals surface area contributed by atoms with Gasteiger partial charge in [0.15, 0.2) is 0 Å². The normalized spacial score (nSPS) is 19.5. The Morgan fingerprint density at radius 3 is 2.75 bits per heavy atom. The quantitative estimate of drug-likeness (QED) is 0.648. The van der Waals surface area contributed by atoms with Crippen molar-refractivity contribution in [1.82, 2.24) is 10.2 Å². The zero-order chi connectivity index (χ0) is 16.6. The number of piperidine rings is 1. The van der Waals surface area contributed by atoms with Gasteiger partial charge in [-0.15, -0.1) is 12.4 Å². The summed E-state index contributed by atoms with van der Waals surface area (Å²) in [5.41, 5.74) is 6.96. The van der Waals surface area contributed by atoms with Crippen molar-refractivity contribution in [2.75, 3.05) is 11.9 Å². The number of nitrogens with one attached hydrogen (secondary N) is 2. The minimum Gasteiger partial charge on any atom is -0.325 e. The van der Waals surface area contributed by atoms with Gasteiger partial charge in [0, 0.05) is 24.2 Å². The van der Waals surface area contributed by atoms with E-state index in [0.717, 1.165) is 5.56 Å². The molecule has 4 N–H and O–H groups in total. The molecule has 0 spiro atoms. The average molecular weight is 353 g/mol. The standard InChI is InChI=1S/C15H16N4O4.ClH/c16-6-13(21)17-9-2-1-8-7-19(15(23)10(8)5-9)11-3-4-12(20)18-14(11)22;/h1-2,5,11H,3-4,6-7,16H2,(H,17,21)(H,18,20,22);1H. The first-order chi connectivity index (χ1) is 11.0. The Morgan fingerprint density at radius 1 is 1.33 bits per heavy atom. The highest BCUT2D eigenvalue weighted by Crippen LogP contribution is 2.29. The summed E-state index contributed by atoms with van der Waals surface area (Å²) in [4.78, 5) is 48.5. The van der Waals surface area contributed by atoms with E-state index in [1.165, 1.54) is 4.90 Å². The van der Waals surface area contributed by atoms with E-state index < -0.39 is 11.9 Å². The summed E-state index contributed by atoms with van der Waals surface area (Å²) in [6.07, 6.45) is 0.537. The monoisotopic (exact) mass is 352 g/mol. The highest BCUT2D eigenvalue weighted by atomic mass is 35.5. The molecule has 3 rings (SSSR count). The van der Waals surface area contributed by atoms with Crippen LogP contribution in [0.25, 0.3) is 0 Å². The molecule has 0 radical (unpaired) electrons. The first kappa shape index (κ1) is 17.9. The molecule has 1 aromatic rings. The maximum absolute atomic E-state index is 12.6. The molecule has 1 fully saturated rings. The van der Waals surface area contributed by atoms with Gasteiger partial charge in [-0.3, -0.25) is 24.5 Å². The Morgan fingerprint density at radius 2 is 2.08 bits per heavy atom. The predicted octanol–water partition coefficient (Wildman–Crippen LogP) is -0.233. The highest BCUT2D eigenvalue weighted by molar-refractivity contribution is 6.06. The first-order valence-electron chi connectivity index (χ1n) is 7.27. The number of amides is 4. The number of carbonyl (C=O) groups is 4. The Hall–Kier alpha value is -2.45. The smallest absolute Gasteiger partial charge is 0.255 e. The zero-order valence-corrected chi connectivity index (χ0v) is 13.5. The average Bonchev–Trinajstić information content (AvgIpc) is 2.84. The Bertz CT molecular complexity index is 721. The van der Waals surface area contributed by atoms with Crippen molar-refractivity contribution in [3.05, 3.63) is 29.3 Å². The van der Waals surface area contributed by atoms with Gasteiger partial charge in [0.1, 0.15) is 6.04 Å². The van der Waals surface area contributed by atoms with Crippen molar-refractivity contribution in [2.45, 2.75) is 25.4 Å².